The van der Waals surface area contributed by atoms with Crippen LogP contribution in [0.5, 0.6) is 5.75 Å². The summed E-state index contributed by atoms with van der Waals surface area (Å²) >= 11 is 0. The largest absolute Gasteiger partial charge is 0.492 e. The molecule has 1 aromatic rings. The Bertz CT molecular complexity index is 325. The SMILES string of the molecule is CC(N)CN1CCOc2ccccc2C1. The van der Waals surface area contributed by atoms with Crippen molar-refractivity contribution in [1.82, 2.24) is 4.90 Å². The summed E-state index contributed by atoms with van der Waals surface area (Å²) in [4.78, 5) is 2.34. The number of para-hydroxylation sites is 1. The lowest BCUT2D eigenvalue weighted by Crippen LogP contribution is -2.36. The van der Waals surface area contributed by atoms with Gasteiger partial charge in [-0.1, -0.05) is 18.2 Å². The average Bonchev–Trinajstić information content (AvgIpc) is 2.38. The molecule has 1 aromatic carbocycles. The molecule has 2 rings (SSSR count). The van der Waals surface area contributed by atoms with Gasteiger partial charge in [0.15, 0.2) is 0 Å². The van der Waals surface area contributed by atoms with Crippen LogP contribution in [0.25, 0.3) is 0 Å². The van der Waals surface area contributed by atoms with Gasteiger partial charge in [-0.2, -0.15) is 0 Å². The Morgan fingerprint density at radius 3 is 3.07 bits per heavy atom. The van der Waals surface area contributed by atoms with Crippen molar-refractivity contribution in [3.8, 4) is 5.75 Å². The van der Waals surface area contributed by atoms with E-state index in [0.717, 1.165) is 32.0 Å². The molecule has 0 saturated heterocycles. The van der Waals surface area contributed by atoms with Crippen LogP contribution in [0.15, 0.2) is 24.3 Å². The number of fused-ring (bicyclic) bond motifs is 1. The van der Waals surface area contributed by atoms with Gasteiger partial charge in [0.2, 0.25) is 0 Å². The molecule has 0 aliphatic carbocycles. The second-order valence-corrected chi connectivity index (χ2v) is 4.17. The predicted octanol–water partition coefficient (Wildman–Crippen LogP) is 1.23. The lowest BCUT2D eigenvalue weighted by atomic mass is 10.2. The van der Waals surface area contributed by atoms with Crippen LogP contribution in [0.1, 0.15) is 12.5 Å². The van der Waals surface area contributed by atoms with E-state index in [2.05, 4.69) is 17.0 Å². The van der Waals surface area contributed by atoms with E-state index < -0.39 is 0 Å². The fraction of sp³-hybridized carbons (Fsp3) is 0.500. The fourth-order valence-electron chi connectivity index (χ4n) is 1.94. The van der Waals surface area contributed by atoms with Gasteiger partial charge in [-0.05, 0) is 13.0 Å². The molecule has 0 bridgehead atoms. The normalized spacial score (nSPS) is 18.8. The van der Waals surface area contributed by atoms with Crippen molar-refractivity contribution in [3.05, 3.63) is 29.8 Å². The Labute approximate surface area is 90.8 Å². The van der Waals surface area contributed by atoms with E-state index in [0.29, 0.717) is 0 Å². The highest BCUT2D eigenvalue weighted by Gasteiger charge is 2.15. The molecule has 3 nitrogen and oxygen atoms in total. The fourth-order valence-corrected chi connectivity index (χ4v) is 1.94. The number of hydrogen-bond acceptors (Lipinski definition) is 3. The molecule has 1 aliphatic heterocycles. The van der Waals surface area contributed by atoms with Gasteiger partial charge in [0.1, 0.15) is 12.4 Å². The number of rotatable bonds is 2. The Balaban J connectivity index is 2.10. The second kappa shape index (κ2) is 4.64. The molecule has 2 N–H and O–H groups in total. The Morgan fingerprint density at radius 2 is 2.27 bits per heavy atom. The average molecular weight is 206 g/mol. The van der Waals surface area contributed by atoms with Crippen LogP contribution in [-0.2, 0) is 6.54 Å². The highest BCUT2D eigenvalue weighted by molar-refractivity contribution is 5.33. The highest BCUT2D eigenvalue weighted by Crippen LogP contribution is 2.22. The maximum atomic E-state index is 5.81. The minimum Gasteiger partial charge on any atom is -0.492 e. The van der Waals surface area contributed by atoms with Gasteiger partial charge in [0, 0.05) is 31.2 Å². The van der Waals surface area contributed by atoms with E-state index >= 15 is 0 Å². The van der Waals surface area contributed by atoms with Gasteiger partial charge in [0.25, 0.3) is 0 Å². The molecule has 1 heterocycles. The quantitative estimate of drug-likeness (QED) is 0.791. The van der Waals surface area contributed by atoms with Crippen LogP contribution >= 0.6 is 0 Å². The molecule has 3 heteroatoms. The van der Waals surface area contributed by atoms with E-state index in [1.165, 1.54) is 5.56 Å². The zero-order valence-electron chi connectivity index (χ0n) is 9.15. The van der Waals surface area contributed by atoms with Gasteiger partial charge < -0.3 is 10.5 Å². The molecule has 1 atom stereocenters. The van der Waals surface area contributed by atoms with Crippen LogP contribution < -0.4 is 10.5 Å². The lowest BCUT2D eigenvalue weighted by molar-refractivity contribution is 0.218. The standard InChI is InChI=1S/C12H18N2O/c1-10(13)8-14-6-7-15-12-5-3-2-4-11(12)9-14/h2-5,10H,6-9,13H2,1H3. The topological polar surface area (TPSA) is 38.5 Å². The molecule has 0 amide bonds. The maximum absolute atomic E-state index is 5.81. The first-order chi connectivity index (χ1) is 7.25. The van der Waals surface area contributed by atoms with Crippen LogP contribution in [0, 0.1) is 0 Å². The number of hydrogen-bond donors (Lipinski definition) is 1. The Morgan fingerprint density at radius 1 is 1.47 bits per heavy atom. The highest BCUT2D eigenvalue weighted by atomic mass is 16.5. The van der Waals surface area contributed by atoms with Crippen molar-refractivity contribution in [2.45, 2.75) is 19.5 Å². The molecule has 0 saturated carbocycles. The second-order valence-electron chi connectivity index (χ2n) is 4.17. The molecule has 0 spiro atoms. The van der Waals surface area contributed by atoms with Gasteiger partial charge in [-0.25, -0.2) is 0 Å². The van der Waals surface area contributed by atoms with Crippen molar-refractivity contribution >= 4 is 0 Å². The van der Waals surface area contributed by atoms with E-state index in [1.807, 2.05) is 19.1 Å². The first-order valence-corrected chi connectivity index (χ1v) is 5.44. The summed E-state index contributed by atoms with van der Waals surface area (Å²) in [7, 11) is 0. The van der Waals surface area contributed by atoms with Crippen molar-refractivity contribution in [1.29, 1.82) is 0 Å². The van der Waals surface area contributed by atoms with Crippen molar-refractivity contribution < 1.29 is 4.74 Å². The van der Waals surface area contributed by atoms with Gasteiger partial charge in [-0.15, -0.1) is 0 Å². The first-order valence-electron chi connectivity index (χ1n) is 5.44. The third kappa shape index (κ3) is 2.70. The van der Waals surface area contributed by atoms with Crippen LogP contribution in [-0.4, -0.2) is 30.6 Å². The third-order valence-corrected chi connectivity index (χ3v) is 2.58. The van der Waals surface area contributed by atoms with Crippen LogP contribution in [0.2, 0.25) is 0 Å². The van der Waals surface area contributed by atoms with E-state index in [9.17, 15) is 0 Å². The minimum atomic E-state index is 0.218. The van der Waals surface area contributed by atoms with Crippen LogP contribution in [0.4, 0.5) is 0 Å². The zero-order chi connectivity index (χ0) is 10.7. The van der Waals surface area contributed by atoms with E-state index in [-0.39, 0.29) is 6.04 Å². The summed E-state index contributed by atoms with van der Waals surface area (Å²) in [6, 6.07) is 8.44. The van der Waals surface area contributed by atoms with E-state index in [1.54, 1.807) is 0 Å². The summed E-state index contributed by atoms with van der Waals surface area (Å²) in [6.45, 7) is 5.62. The molecular weight excluding hydrogens is 188 g/mol. The first kappa shape index (κ1) is 10.5. The molecule has 0 fully saturated rings. The summed E-state index contributed by atoms with van der Waals surface area (Å²) in [5, 5.41) is 0. The Kier molecular flexibility index (Phi) is 3.23. The molecule has 82 valence electrons. The van der Waals surface area contributed by atoms with Gasteiger partial charge in [0.05, 0.1) is 0 Å². The molecule has 0 radical (unpaired) electrons. The predicted molar refractivity (Wildman–Crippen MR) is 60.9 cm³/mol. The van der Waals surface area contributed by atoms with Crippen molar-refractivity contribution in [3.63, 3.8) is 0 Å². The van der Waals surface area contributed by atoms with Crippen molar-refractivity contribution in [2.75, 3.05) is 19.7 Å². The van der Waals surface area contributed by atoms with Crippen LogP contribution in [0.3, 0.4) is 0 Å². The van der Waals surface area contributed by atoms with Gasteiger partial charge >= 0.3 is 0 Å². The monoisotopic (exact) mass is 206 g/mol. The number of benzene rings is 1. The molecule has 15 heavy (non-hydrogen) atoms. The van der Waals surface area contributed by atoms with E-state index in [4.69, 9.17) is 10.5 Å². The smallest absolute Gasteiger partial charge is 0.123 e. The maximum Gasteiger partial charge on any atom is 0.123 e. The van der Waals surface area contributed by atoms with Crippen molar-refractivity contribution in [2.24, 2.45) is 5.73 Å². The van der Waals surface area contributed by atoms with Gasteiger partial charge in [-0.3, -0.25) is 4.90 Å². The third-order valence-electron chi connectivity index (χ3n) is 2.58. The number of nitrogens with zero attached hydrogens (tertiary/aromatic N) is 1. The number of ether oxygens (including phenoxy) is 1. The lowest BCUT2D eigenvalue weighted by Gasteiger charge is -2.21. The molecule has 0 aromatic heterocycles. The summed E-state index contributed by atoms with van der Waals surface area (Å²) in [6.07, 6.45) is 0. The Hall–Kier alpha value is -1.06. The number of nitrogens with two attached hydrogens (primary N) is 1. The molecular formula is C12H18N2O. The summed E-state index contributed by atoms with van der Waals surface area (Å²) in [5.74, 6) is 1.02. The zero-order valence-corrected chi connectivity index (χ0v) is 9.15. The minimum absolute atomic E-state index is 0.218. The summed E-state index contributed by atoms with van der Waals surface area (Å²) in [5.41, 5.74) is 7.07. The summed E-state index contributed by atoms with van der Waals surface area (Å²) < 4.78 is 5.68. The molecule has 1 unspecified atom stereocenters. The molecule has 1 aliphatic rings.